The highest BCUT2D eigenvalue weighted by molar-refractivity contribution is 6.06. The van der Waals surface area contributed by atoms with Crippen LogP contribution in [0.25, 0.3) is 34.1 Å². The number of hydrogen-bond donors (Lipinski definition) is 1. The van der Waals surface area contributed by atoms with Crippen molar-refractivity contribution in [1.29, 1.82) is 0 Å². The summed E-state index contributed by atoms with van der Waals surface area (Å²) in [5, 5.41) is 2.49. The highest BCUT2D eigenvalue weighted by Crippen LogP contribution is 2.25. The number of pyridine rings is 1. The summed E-state index contributed by atoms with van der Waals surface area (Å²) in [5.41, 5.74) is 3.41. The molecule has 4 rings (SSSR count). The van der Waals surface area contributed by atoms with Crippen LogP contribution < -0.4 is 4.57 Å². The van der Waals surface area contributed by atoms with E-state index >= 15 is 0 Å². The molecule has 3 heterocycles. The molecule has 2 aromatic heterocycles. The molecule has 0 amide bonds. The van der Waals surface area contributed by atoms with E-state index in [1.54, 1.807) is 6.26 Å². The minimum absolute atomic E-state index is 0.605. The average molecular weight is 249 g/mol. The number of nitrogens with one attached hydrogen (secondary N) is 1. The maximum atomic E-state index is 5.32. The van der Waals surface area contributed by atoms with Crippen molar-refractivity contribution in [2.45, 2.75) is 0 Å². The van der Waals surface area contributed by atoms with Gasteiger partial charge in [0.15, 0.2) is 12.4 Å². The van der Waals surface area contributed by atoms with Gasteiger partial charge in [-0.3, -0.25) is 0 Å². The predicted molar refractivity (Wildman–Crippen MR) is 76.3 cm³/mol. The van der Waals surface area contributed by atoms with Gasteiger partial charge in [0.25, 0.3) is 0 Å². The van der Waals surface area contributed by atoms with Gasteiger partial charge in [-0.15, -0.1) is 0 Å². The van der Waals surface area contributed by atoms with Gasteiger partial charge in [0.1, 0.15) is 12.1 Å². The number of benzene rings is 1. The van der Waals surface area contributed by atoms with Gasteiger partial charge in [-0.25, -0.2) is 0 Å². The van der Waals surface area contributed by atoms with Crippen LogP contribution in [0.1, 0.15) is 5.69 Å². The number of H-pyrrole nitrogens is 1. The van der Waals surface area contributed by atoms with Crippen LogP contribution in [0.15, 0.2) is 48.9 Å². The Kier molecular flexibility index (Phi) is 2.18. The quantitative estimate of drug-likeness (QED) is 0.609. The van der Waals surface area contributed by atoms with Crippen LogP contribution in [-0.2, 0) is 4.74 Å². The first kappa shape index (κ1) is 10.4. The topological polar surface area (TPSA) is 28.9 Å². The van der Waals surface area contributed by atoms with Crippen LogP contribution >= 0.6 is 0 Å². The Morgan fingerprint density at radius 2 is 2.05 bits per heavy atom. The number of para-hydroxylation sites is 1. The second-order valence-corrected chi connectivity index (χ2v) is 4.62. The maximum absolute atomic E-state index is 5.32. The van der Waals surface area contributed by atoms with Crippen molar-refractivity contribution >= 4 is 34.1 Å². The van der Waals surface area contributed by atoms with Crippen LogP contribution in [0.4, 0.5) is 0 Å². The number of aromatic amines is 1. The van der Waals surface area contributed by atoms with Crippen molar-refractivity contribution in [3.05, 3.63) is 54.6 Å². The highest BCUT2D eigenvalue weighted by Gasteiger charge is 2.13. The smallest absolute Gasteiger partial charge is 0.214 e. The number of nitrogens with zero attached hydrogens (tertiary/aromatic N) is 1. The summed E-state index contributed by atoms with van der Waals surface area (Å²) in [6.45, 7) is 0.605. The molecule has 92 valence electrons. The van der Waals surface area contributed by atoms with E-state index in [0.717, 1.165) is 11.2 Å². The first-order chi connectivity index (χ1) is 9.42. The second-order valence-electron chi connectivity index (χ2n) is 4.62. The van der Waals surface area contributed by atoms with Crippen LogP contribution in [0.3, 0.4) is 0 Å². The Balaban J connectivity index is 2.09. The van der Waals surface area contributed by atoms with E-state index in [2.05, 4.69) is 46.1 Å². The molecule has 0 radical (unpaired) electrons. The largest absolute Gasteiger partial charge is 0.497 e. The maximum Gasteiger partial charge on any atom is 0.214 e. The normalized spacial score (nSPS) is 14.1. The Labute approximate surface area is 110 Å². The van der Waals surface area contributed by atoms with Crippen molar-refractivity contribution in [1.82, 2.24) is 4.98 Å². The van der Waals surface area contributed by atoms with Crippen molar-refractivity contribution in [2.75, 3.05) is 6.61 Å². The van der Waals surface area contributed by atoms with Gasteiger partial charge in [0.2, 0.25) is 5.69 Å². The van der Waals surface area contributed by atoms with Gasteiger partial charge < -0.3 is 9.72 Å². The van der Waals surface area contributed by atoms with Crippen LogP contribution in [0.2, 0.25) is 0 Å². The number of fused-ring (bicyclic) bond motifs is 4. The third-order valence-electron chi connectivity index (χ3n) is 3.43. The summed E-state index contributed by atoms with van der Waals surface area (Å²) < 4.78 is 7.43. The fourth-order valence-electron chi connectivity index (χ4n) is 2.53. The Hall–Kier alpha value is -2.55. The number of aromatic nitrogens is 2. The first-order valence-corrected chi connectivity index (χ1v) is 6.32. The summed E-state index contributed by atoms with van der Waals surface area (Å²) in [6, 6.07) is 10.5. The zero-order valence-corrected chi connectivity index (χ0v) is 10.3. The lowest BCUT2D eigenvalue weighted by Gasteiger charge is -2.00. The first-order valence-electron chi connectivity index (χ1n) is 6.32. The van der Waals surface area contributed by atoms with Crippen molar-refractivity contribution in [3.63, 3.8) is 0 Å². The lowest BCUT2D eigenvalue weighted by atomic mass is 10.1. The third-order valence-corrected chi connectivity index (χ3v) is 3.43. The average Bonchev–Trinajstić information content (AvgIpc) is 2.76. The van der Waals surface area contributed by atoms with Gasteiger partial charge in [0, 0.05) is 34.5 Å². The van der Waals surface area contributed by atoms with Crippen LogP contribution in [0.5, 0.6) is 0 Å². The number of rotatable bonds is 0. The SMILES string of the molecule is C1=C[n+]2cc3[nH]c4ccccc4c3cc2C=COC1. The minimum atomic E-state index is 0.605. The molecule has 1 aliphatic heterocycles. The molecule has 0 fully saturated rings. The highest BCUT2D eigenvalue weighted by atomic mass is 16.5. The number of ether oxygens (including phenoxy) is 1. The molecule has 0 spiro atoms. The molecular formula is C16H13N2O+. The summed E-state index contributed by atoms with van der Waals surface area (Å²) in [5.74, 6) is 0. The van der Waals surface area contributed by atoms with Gasteiger partial charge in [-0.05, 0) is 6.07 Å². The summed E-state index contributed by atoms with van der Waals surface area (Å²) >= 11 is 0. The number of hydrogen-bond acceptors (Lipinski definition) is 1. The molecule has 19 heavy (non-hydrogen) atoms. The monoisotopic (exact) mass is 249 g/mol. The molecule has 3 heteroatoms. The Morgan fingerprint density at radius 1 is 1.11 bits per heavy atom. The molecule has 3 aromatic rings. The predicted octanol–water partition coefficient (Wildman–Crippen LogP) is 3.08. The standard InChI is InChI=1S/C16H12N2O/c1-2-5-15-13(4-1)14-10-12-6-9-19-8-3-7-18(12)11-16(14)17-15/h1-7,9-11H,8H2/p+1. The molecule has 1 aliphatic rings. The van der Waals surface area contributed by atoms with E-state index < -0.39 is 0 Å². The fourth-order valence-corrected chi connectivity index (χ4v) is 2.53. The second kappa shape index (κ2) is 3.99. The molecule has 1 aromatic carbocycles. The molecule has 0 saturated carbocycles. The summed E-state index contributed by atoms with van der Waals surface area (Å²) in [7, 11) is 0. The lowest BCUT2D eigenvalue weighted by molar-refractivity contribution is -0.569. The summed E-state index contributed by atoms with van der Waals surface area (Å²) in [4.78, 5) is 3.45. The van der Waals surface area contributed by atoms with Crippen LogP contribution in [0, 0.1) is 0 Å². The van der Waals surface area contributed by atoms with Gasteiger partial charge >= 0.3 is 0 Å². The Bertz CT molecular complexity index is 827. The van der Waals surface area contributed by atoms with Crippen molar-refractivity contribution < 1.29 is 9.30 Å². The van der Waals surface area contributed by atoms with E-state index in [4.69, 9.17) is 4.74 Å². The van der Waals surface area contributed by atoms with Gasteiger partial charge in [0.05, 0.1) is 6.26 Å². The molecule has 1 N–H and O–H groups in total. The van der Waals surface area contributed by atoms with E-state index in [-0.39, 0.29) is 0 Å². The summed E-state index contributed by atoms with van der Waals surface area (Å²) in [6.07, 6.45) is 9.89. The molecule has 0 saturated heterocycles. The van der Waals surface area contributed by atoms with Crippen molar-refractivity contribution in [2.24, 2.45) is 0 Å². The van der Waals surface area contributed by atoms with Gasteiger partial charge in [-0.1, -0.05) is 18.2 Å². The van der Waals surface area contributed by atoms with E-state index in [0.29, 0.717) is 6.61 Å². The lowest BCUT2D eigenvalue weighted by Crippen LogP contribution is -2.30. The zero-order chi connectivity index (χ0) is 12.7. The van der Waals surface area contributed by atoms with E-state index in [1.807, 2.05) is 18.4 Å². The fraction of sp³-hybridized carbons (Fsp3) is 0.0625. The van der Waals surface area contributed by atoms with Crippen LogP contribution in [-0.4, -0.2) is 11.6 Å². The molecule has 0 atom stereocenters. The minimum Gasteiger partial charge on any atom is -0.497 e. The van der Waals surface area contributed by atoms with Crippen molar-refractivity contribution in [3.8, 4) is 0 Å². The molecule has 3 nitrogen and oxygen atoms in total. The molecular weight excluding hydrogens is 236 g/mol. The van der Waals surface area contributed by atoms with E-state index in [1.165, 1.54) is 16.3 Å². The molecule has 0 unspecified atom stereocenters. The zero-order valence-electron chi connectivity index (χ0n) is 10.3. The van der Waals surface area contributed by atoms with E-state index in [9.17, 15) is 0 Å². The Morgan fingerprint density at radius 3 is 3.05 bits per heavy atom. The molecule has 0 aliphatic carbocycles. The van der Waals surface area contributed by atoms with Gasteiger partial charge in [-0.2, -0.15) is 4.57 Å². The third kappa shape index (κ3) is 1.63. The molecule has 0 bridgehead atoms.